The van der Waals surface area contributed by atoms with Crippen LogP contribution in [0, 0.1) is 0 Å². The van der Waals surface area contributed by atoms with E-state index in [9.17, 15) is 8.42 Å². The van der Waals surface area contributed by atoms with Crippen molar-refractivity contribution in [2.24, 2.45) is 0 Å². The molecule has 0 saturated heterocycles. The molecule has 1 rings (SSSR count). The van der Waals surface area contributed by atoms with E-state index in [1.54, 1.807) is 31.2 Å². The Morgan fingerprint density at radius 3 is 2.00 bits per heavy atom. The Labute approximate surface area is 121 Å². The van der Waals surface area contributed by atoms with Crippen LogP contribution < -0.4 is 5.32 Å². The summed E-state index contributed by atoms with van der Waals surface area (Å²) >= 11 is 6.04. The van der Waals surface area contributed by atoms with Gasteiger partial charge in [0.25, 0.3) is 0 Å². The van der Waals surface area contributed by atoms with E-state index in [1.807, 2.05) is 0 Å². The fraction of sp³-hybridized carbons (Fsp3) is 0.571. The minimum absolute atomic E-state index is 0.120. The number of alkyl halides is 1. The van der Waals surface area contributed by atoms with Crippen molar-refractivity contribution >= 4 is 27.1 Å². The highest BCUT2D eigenvalue weighted by Gasteiger charge is 2.24. The molecule has 0 fully saturated rings. The van der Waals surface area contributed by atoms with Crippen LogP contribution in [0.25, 0.3) is 0 Å². The first-order valence-corrected chi connectivity index (χ1v) is 8.78. The highest BCUT2D eigenvalue weighted by molar-refractivity contribution is 7.91. The van der Waals surface area contributed by atoms with Crippen LogP contribution in [0.15, 0.2) is 29.2 Å². The van der Waals surface area contributed by atoms with Crippen LogP contribution in [-0.4, -0.2) is 25.6 Å². The van der Waals surface area contributed by atoms with Gasteiger partial charge in [-0.25, -0.2) is 8.42 Å². The number of anilines is 1. The van der Waals surface area contributed by atoms with Gasteiger partial charge in [-0.15, -0.1) is 11.6 Å². The van der Waals surface area contributed by atoms with Gasteiger partial charge in [-0.1, -0.05) is 20.8 Å². The molecule has 1 aromatic rings. The van der Waals surface area contributed by atoms with Gasteiger partial charge in [-0.05, 0) is 37.1 Å². The van der Waals surface area contributed by atoms with Crippen LogP contribution in [0.1, 0.15) is 33.6 Å². The first kappa shape index (κ1) is 16.3. The van der Waals surface area contributed by atoms with Gasteiger partial charge in [-0.2, -0.15) is 0 Å². The topological polar surface area (TPSA) is 46.2 Å². The first-order chi connectivity index (χ1) is 8.93. The zero-order valence-electron chi connectivity index (χ0n) is 11.7. The zero-order chi connectivity index (χ0) is 14.5. The van der Waals surface area contributed by atoms with E-state index >= 15 is 0 Å². The Hall–Kier alpha value is -0.740. The van der Waals surface area contributed by atoms with E-state index in [2.05, 4.69) is 19.2 Å². The second-order valence-corrected chi connectivity index (χ2v) is 7.22. The number of benzene rings is 1. The molecule has 0 aliphatic rings. The summed E-state index contributed by atoms with van der Waals surface area (Å²) in [5.74, 6) is 0.643. The average molecular weight is 304 g/mol. The lowest BCUT2D eigenvalue weighted by atomic mass is 9.95. The standard InChI is InChI=1S/C14H22ClNO2S/c1-4-14(5-2,11-15)16-12-7-9-13(10-8-12)19(17,18)6-3/h7-10,16H,4-6,11H2,1-3H3. The molecular formula is C14H22ClNO2S. The number of sulfone groups is 1. The molecule has 0 radical (unpaired) electrons. The number of rotatable bonds is 7. The van der Waals surface area contributed by atoms with Crippen molar-refractivity contribution < 1.29 is 8.42 Å². The smallest absolute Gasteiger partial charge is 0.178 e. The maximum absolute atomic E-state index is 11.7. The SMILES string of the molecule is CCC(CC)(CCl)Nc1ccc(S(=O)(=O)CC)cc1. The summed E-state index contributed by atoms with van der Waals surface area (Å²) in [4.78, 5) is 0.366. The van der Waals surface area contributed by atoms with Crippen LogP contribution in [0.2, 0.25) is 0 Å². The molecule has 5 heteroatoms. The van der Waals surface area contributed by atoms with E-state index in [4.69, 9.17) is 11.6 Å². The van der Waals surface area contributed by atoms with Crippen molar-refractivity contribution in [3.8, 4) is 0 Å². The number of hydrogen-bond acceptors (Lipinski definition) is 3. The summed E-state index contributed by atoms with van der Waals surface area (Å²) in [6, 6.07) is 6.89. The fourth-order valence-corrected chi connectivity index (χ4v) is 3.20. The molecule has 0 unspecified atom stereocenters. The lowest BCUT2D eigenvalue weighted by Crippen LogP contribution is -2.38. The number of halogens is 1. The van der Waals surface area contributed by atoms with Crippen molar-refractivity contribution in [2.45, 2.75) is 44.0 Å². The highest BCUT2D eigenvalue weighted by atomic mass is 35.5. The molecule has 1 aromatic carbocycles. The Kier molecular flexibility index (Phi) is 5.68. The summed E-state index contributed by atoms with van der Waals surface area (Å²) in [5, 5.41) is 3.41. The Balaban J connectivity index is 2.94. The molecule has 0 spiro atoms. The third kappa shape index (κ3) is 3.86. The third-order valence-corrected chi connectivity index (χ3v) is 5.87. The van der Waals surface area contributed by atoms with Crippen LogP contribution in [0.5, 0.6) is 0 Å². The molecule has 0 aromatic heterocycles. The lowest BCUT2D eigenvalue weighted by Gasteiger charge is -2.32. The molecule has 108 valence electrons. The predicted molar refractivity (Wildman–Crippen MR) is 81.8 cm³/mol. The first-order valence-electron chi connectivity index (χ1n) is 6.60. The van der Waals surface area contributed by atoms with Crippen molar-refractivity contribution in [3.63, 3.8) is 0 Å². The summed E-state index contributed by atoms with van der Waals surface area (Å²) in [6.07, 6.45) is 1.84. The largest absolute Gasteiger partial charge is 0.378 e. The summed E-state index contributed by atoms with van der Waals surface area (Å²) in [6.45, 7) is 5.83. The maximum Gasteiger partial charge on any atom is 0.178 e. The van der Waals surface area contributed by atoms with Gasteiger partial charge in [0.15, 0.2) is 9.84 Å². The fourth-order valence-electron chi connectivity index (χ4n) is 1.87. The molecule has 3 nitrogen and oxygen atoms in total. The van der Waals surface area contributed by atoms with Gasteiger partial charge in [-0.3, -0.25) is 0 Å². The summed E-state index contributed by atoms with van der Waals surface area (Å²) in [5.41, 5.74) is 0.770. The zero-order valence-corrected chi connectivity index (χ0v) is 13.3. The monoisotopic (exact) mass is 303 g/mol. The average Bonchev–Trinajstić information content (AvgIpc) is 2.45. The van der Waals surface area contributed by atoms with Crippen LogP contribution >= 0.6 is 11.6 Å². The lowest BCUT2D eigenvalue weighted by molar-refractivity contribution is 0.484. The predicted octanol–water partition coefficient (Wildman–Crippen LogP) is 3.69. The summed E-state index contributed by atoms with van der Waals surface area (Å²) in [7, 11) is -3.13. The molecule has 0 aliphatic carbocycles. The molecule has 0 saturated carbocycles. The normalized spacial score (nSPS) is 12.4. The second kappa shape index (κ2) is 6.62. The Bertz CT molecular complexity index is 484. The second-order valence-electron chi connectivity index (χ2n) is 4.67. The Morgan fingerprint density at radius 2 is 1.63 bits per heavy atom. The maximum atomic E-state index is 11.7. The summed E-state index contributed by atoms with van der Waals surface area (Å²) < 4.78 is 23.4. The molecule has 0 aliphatic heterocycles. The van der Waals surface area contributed by atoms with E-state index in [1.165, 1.54) is 0 Å². The van der Waals surface area contributed by atoms with Crippen molar-refractivity contribution in [1.82, 2.24) is 0 Å². The Morgan fingerprint density at radius 1 is 1.11 bits per heavy atom. The quantitative estimate of drug-likeness (QED) is 0.781. The highest BCUT2D eigenvalue weighted by Crippen LogP contribution is 2.24. The van der Waals surface area contributed by atoms with Gasteiger partial charge in [0.05, 0.1) is 16.2 Å². The van der Waals surface area contributed by atoms with Crippen molar-refractivity contribution in [2.75, 3.05) is 16.9 Å². The van der Waals surface area contributed by atoms with Gasteiger partial charge >= 0.3 is 0 Å². The van der Waals surface area contributed by atoms with Gasteiger partial charge < -0.3 is 5.32 Å². The van der Waals surface area contributed by atoms with Crippen LogP contribution in [0.4, 0.5) is 5.69 Å². The molecule has 0 heterocycles. The van der Waals surface area contributed by atoms with Crippen molar-refractivity contribution in [1.29, 1.82) is 0 Å². The van der Waals surface area contributed by atoms with Gasteiger partial charge in [0.1, 0.15) is 0 Å². The van der Waals surface area contributed by atoms with Crippen molar-refractivity contribution in [3.05, 3.63) is 24.3 Å². The number of hydrogen-bond donors (Lipinski definition) is 1. The molecular weight excluding hydrogens is 282 g/mol. The third-order valence-electron chi connectivity index (χ3n) is 3.61. The minimum atomic E-state index is -3.13. The van der Waals surface area contributed by atoms with Gasteiger partial charge in [0, 0.05) is 11.6 Å². The molecule has 0 amide bonds. The van der Waals surface area contributed by atoms with E-state index in [0.29, 0.717) is 10.8 Å². The van der Waals surface area contributed by atoms with Gasteiger partial charge in [0.2, 0.25) is 0 Å². The van der Waals surface area contributed by atoms with E-state index in [0.717, 1.165) is 18.5 Å². The van der Waals surface area contributed by atoms with Crippen LogP contribution in [-0.2, 0) is 9.84 Å². The van der Waals surface area contributed by atoms with E-state index < -0.39 is 9.84 Å². The molecule has 0 bridgehead atoms. The van der Waals surface area contributed by atoms with E-state index in [-0.39, 0.29) is 11.3 Å². The minimum Gasteiger partial charge on any atom is -0.378 e. The van der Waals surface area contributed by atoms with Crippen LogP contribution in [0.3, 0.4) is 0 Å². The molecule has 0 atom stereocenters. The number of nitrogens with one attached hydrogen (secondary N) is 1. The molecule has 19 heavy (non-hydrogen) atoms. The molecule has 1 N–H and O–H groups in total.